The lowest BCUT2D eigenvalue weighted by atomic mass is 9.88. The van der Waals surface area contributed by atoms with Crippen LogP contribution < -0.4 is 16.4 Å². The number of primary amides is 1. The van der Waals surface area contributed by atoms with Gasteiger partial charge in [0.15, 0.2) is 0 Å². The highest BCUT2D eigenvalue weighted by Crippen LogP contribution is 2.31. The molecule has 1 saturated heterocycles. The predicted octanol–water partition coefficient (Wildman–Crippen LogP) is 2.41. The third kappa shape index (κ3) is 3.32. The van der Waals surface area contributed by atoms with Gasteiger partial charge in [-0.05, 0) is 42.0 Å². The van der Waals surface area contributed by atoms with Crippen molar-refractivity contribution in [2.75, 3.05) is 18.4 Å². The van der Waals surface area contributed by atoms with Crippen molar-refractivity contribution >= 4 is 28.4 Å². The van der Waals surface area contributed by atoms with Gasteiger partial charge < -0.3 is 16.4 Å². The molecule has 142 valence electrons. The second kappa shape index (κ2) is 7.36. The summed E-state index contributed by atoms with van der Waals surface area (Å²) in [5.74, 6) is -1.53. The highest BCUT2D eigenvalue weighted by Gasteiger charge is 2.34. The van der Waals surface area contributed by atoms with E-state index in [9.17, 15) is 14.0 Å². The van der Waals surface area contributed by atoms with Crippen molar-refractivity contribution < 1.29 is 14.0 Å². The predicted molar refractivity (Wildman–Crippen MR) is 104 cm³/mol. The fraction of sp³-hybridized carbons (Fsp3) is 0.190. The first-order valence-electron chi connectivity index (χ1n) is 8.99. The molecular weight excluding hydrogens is 359 g/mol. The van der Waals surface area contributed by atoms with Crippen LogP contribution in [-0.2, 0) is 4.79 Å². The van der Waals surface area contributed by atoms with Gasteiger partial charge in [0.25, 0.3) is 5.91 Å². The van der Waals surface area contributed by atoms with Crippen LogP contribution in [0.5, 0.6) is 0 Å². The van der Waals surface area contributed by atoms with Crippen molar-refractivity contribution in [2.24, 2.45) is 11.7 Å². The molecule has 3 aromatic rings. The number of hydrogen-bond acceptors (Lipinski definition) is 4. The molecule has 0 saturated carbocycles. The Morgan fingerprint density at radius 3 is 2.79 bits per heavy atom. The Kier molecular flexibility index (Phi) is 4.75. The van der Waals surface area contributed by atoms with Crippen LogP contribution in [0.1, 0.15) is 21.8 Å². The van der Waals surface area contributed by atoms with Crippen LogP contribution in [0.2, 0.25) is 0 Å². The summed E-state index contributed by atoms with van der Waals surface area (Å²) in [6.45, 7) is 1.10. The molecule has 2 atom stereocenters. The summed E-state index contributed by atoms with van der Waals surface area (Å²) in [5.41, 5.74) is 7.51. The van der Waals surface area contributed by atoms with Crippen molar-refractivity contribution in [1.82, 2.24) is 10.3 Å². The highest BCUT2D eigenvalue weighted by molar-refractivity contribution is 6.10. The normalized spacial score (nSPS) is 18.9. The lowest BCUT2D eigenvalue weighted by Crippen LogP contribution is -2.28. The molecule has 0 aliphatic carbocycles. The molecule has 0 bridgehead atoms. The largest absolute Gasteiger partial charge is 0.366 e. The number of nitrogens with zero attached hydrogens (tertiary/aromatic N) is 1. The molecular formula is C21H19FN4O2. The molecule has 2 amide bonds. The van der Waals surface area contributed by atoms with Crippen LogP contribution in [0.15, 0.2) is 54.7 Å². The van der Waals surface area contributed by atoms with E-state index in [-0.39, 0.29) is 23.6 Å². The van der Waals surface area contributed by atoms with E-state index in [0.29, 0.717) is 35.2 Å². The van der Waals surface area contributed by atoms with Gasteiger partial charge in [-0.1, -0.05) is 12.1 Å². The van der Waals surface area contributed by atoms with Crippen LogP contribution in [0, 0.1) is 11.7 Å². The fourth-order valence-corrected chi connectivity index (χ4v) is 3.75. The highest BCUT2D eigenvalue weighted by atomic mass is 19.1. The number of amides is 2. The molecule has 0 radical (unpaired) electrons. The SMILES string of the molecule is NC(=O)c1ccc(NC(=O)C2CNC[C@@H]2c2cccc(F)c2)c2cccnc12. The third-order valence-electron chi connectivity index (χ3n) is 5.12. The van der Waals surface area contributed by atoms with Crippen molar-refractivity contribution in [3.63, 3.8) is 0 Å². The van der Waals surface area contributed by atoms with Crippen molar-refractivity contribution in [1.29, 1.82) is 0 Å². The molecule has 1 aliphatic rings. The number of hydrogen-bond donors (Lipinski definition) is 3. The van der Waals surface area contributed by atoms with E-state index in [2.05, 4.69) is 15.6 Å². The zero-order valence-electron chi connectivity index (χ0n) is 15.0. The van der Waals surface area contributed by atoms with Crippen molar-refractivity contribution in [2.45, 2.75) is 5.92 Å². The van der Waals surface area contributed by atoms with E-state index in [1.54, 1.807) is 36.5 Å². The minimum atomic E-state index is -0.576. The molecule has 28 heavy (non-hydrogen) atoms. The lowest BCUT2D eigenvalue weighted by molar-refractivity contribution is -0.119. The van der Waals surface area contributed by atoms with E-state index in [4.69, 9.17) is 5.73 Å². The maximum Gasteiger partial charge on any atom is 0.250 e. The molecule has 7 heteroatoms. The second-order valence-corrected chi connectivity index (χ2v) is 6.84. The van der Waals surface area contributed by atoms with Gasteiger partial charge in [-0.25, -0.2) is 4.39 Å². The quantitative estimate of drug-likeness (QED) is 0.649. The number of anilines is 1. The van der Waals surface area contributed by atoms with E-state index >= 15 is 0 Å². The Hall–Kier alpha value is -3.32. The summed E-state index contributed by atoms with van der Waals surface area (Å²) in [6.07, 6.45) is 1.57. The van der Waals surface area contributed by atoms with E-state index in [1.165, 1.54) is 12.1 Å². The van der Waals surface area contributed by atoms with Gasteiger partial charge in [-0.15, -0.1) is 0 Å². The molecule has 0 spiro atoms. The lowest BCUT2D eigenvalue weighted by Gasteiger charge is -2.19. The molecule has 6 nitrogen and oxygen atoms in total. The Morgan fingerprint density at radius 1 is 1.14 bits per heavy atom. The number of halogens is 1. The first kappa shape index (κ1) is 18.1. The van der Waals surface area contributed by atoms with Crippen molar-refractivity contribution in [3.05, 3.63) is 71.7 Å². The monoisotopic (exact) mass is 378 g/mol. The number of nitrogens with two attached hydrogens (primary N) is 1. The van der Waals surface area contributed by atoms with Crippen LogP contribution in [0.4, 0.5) is 10.1 Å². The number of carbonyl (C=O) groups excluding carboxylic acids is 2. The average molecular weight is 378 g/mol. The van der Waals surface area contributed by atoms with Gasteiger partial charge in [0.1, 0.15) is 5.82 Å². The standard InChI is InChI=1S/C21H19FN4O2/c22-13-4-1-3-12(9-13)16-10-24-11-17(16)21(28)26-18-7-6-15(20(23)27)19-14(18)5-2-8-25-19/h1-9,16-17,24H,10-11H2,(H2,23,27)(H,26,28)/t16-,17?/m1/s1. The second-order valence-electron chi connectivity index (χ2n) is 6.84. The Balaban J connectivity index is 1.63. The van der Waals surface area contributed by atoms with Gasteiger partial charge in [-0.3, -0.25) is 14.6 Å². The number of nitrogens with one attached hydrogen (secondary N) is 2. The zero-order valence-corrected chi connectivity index (χ0v) is 15.0. The molecule has 4 rings (SSSR count). The number of pyridine rings is 1. The van der Waals surface area contributed by atoms with Crippen LogP contribution in [0.25, 0.3) is 10.9 Å². The van der Waals surface area contributed by atoms with Crippen LogP contribution >= 0.6 is 0 Å². The first-order valence-corrected chi connectivity index (χ1v) is 8.99. The summed E-state index contributed by atoms with van der Waals surface area (Å²) >= 11 is 0. The molecule has 1 aromatic heterocycles. The Bertz CT molecular complexity index is 1070. The minimum Gasteiger partial charge on any atom is -0.366 e. The average Bonchev–Trinajstić information content (AvgIpc) is 3.18. The molecule has 1 fully saturated rings. The van der Waals surface area contributed by atoms with E-state index in [1.807, 2.05) is 6.07 Å². The zero-order chi connectivity index (χ0) is 19.7. The minimum absolute atomic E-state index is 0.120. The number of benzene rings is 2. The topological polar surface area (TPSA) is 97.1 Å². The van der Waals surface area contributed by atoms with Crippen molar-refractivity contribution in [3.8, 4) is 0 Å². The third-order valence-corrected chi connectivity index (χ3v) is 5.12. The summed E-state index contributed by atoms with van der Waals surface area (Å²) in [6, 6.07) is 13.1. The van der Waals surface area contributed by atoms with E-state index < -0.39 is 5.91 Å². The summed E-state index contributed by atoms with van der Waals surface area (Å²) in [7, 11) is 0. The molecule has 1 unspecified atom stereocenters. The number of fused-ring (bicyclic) bond motifs is 1. The fourth-order valence-electron chi connectivity index (χ4n) is 3.75. The van der Waals surface area contributed by atoms with Gasteiger partial charge in [0, 0.05) is 30.6 Å². The molecule has 2 heterocycles. The van der Waals surface area contributed by atoms with Gasteiger partial charge in [0.2, 0.25) is 5.91 Å². The smallest absolute Gasteiger partial charge is 0.250 e. The number of rotatable bonds is 4. The van der Waals surface area contributed by atoms with Crippen LogP contribution in [-0.4, -0.2) is 29.9 Å². The van der Waals surface area contributed by atoms with Gasteiger partial charge >= 0.3 is 0 Å². The Morgan fingerprint density at radius 2 is 2.00 bits per heavy atom. The number of aromatic nitrogens is 1. The van der Waals surface area contributed by atoms with Gasteiger partial charge in [-0.2, -0.15) is 0 Å². The summed E-state index contributed by atoms with van der Waals surface area (Å²) < 4.78 is 13.6. The summed E-state index contributed by atoms with van der Waals surface area (Å²) in [5, 5.41) is 6.79. The first-order chi connectivity index (χ1) is 13.5. The maximum absolute atomic E-state index is 13.6. The van der Waals surface area contributed by atoms with E-state index in [0.717, 1.165) is 5.56 Å². The van der Waals surface area contributed by atoms with Crippen LogP contribution in [0.3, 0.4) is 0 Å². The number of carbonyl (C=O) groups is 2. The molecule has 4 N–H and O–H groups in total. The Labute approximate surface area is 161 Å². The molecule has 2 aromatic carbocycles. The maximum atomic E-state index is 13.6. The summed E-state index contributed by atoms with van der Waals surface area (Å²) in [4.78, 5) is 28.9. The van der Waals surface area contributed by atoms with Gasteiger partial charge in [0.05, 0.1) is 22.7 Å². The molecule has 1 aliphatic heterocycles.